The molecule has 2 rings (SSSR count). The highest BCUT2D eigenvalue weighted by Crippen LogP contribution is 2.08. The molecule has 0 saturated heterocycles. The standard InChI is InChI=1S/C13H13FN4O3/c1-8-2-9(4-10(14)3-8)13(21)15-5-11-6-18(17-16-11)7-12(19)20/h2-4,6H,5,7H2,1H3,(H,15,21)(H,19,20). The SMILES string of the molecule is Cc1cc(F)cc(C(=O)NCc2cn(CC(=O)O)nn2)c1. The van der Waals surface area contributed by atoms with Crippen LogP contribution in [0.15, 0.2) is 24.4 Å². The Morgan fingerprint density at radius 1 is 1.38 bits per heavy atom. The summed E-state index contributed by atoms with van der Waals surface area (Å²) in [5.74, 6) is -1.95. The number of hydrogen-bond donors (Lipinski definition) is 2. The molecule has 0 bridgehead atoms. The maximum Gasteiger partial charge on any atom is 0.325 e. The van der Waals surface area contributed by atoms with Gasteiger partial charge in [0, 0.05) is 5.56 Å². The van der Waals surface area contributed by atoms with Crippen molar-refractivity contribution in [3.05, 3.63) is 47.0 Å². The minimum Gasteiger partial charge on any atom is -0.480 e. The van der Waals surface area contributed by atoms with Crippen LogP contribution in [0.5, 0.6) is 0 Å². The summed E-state index contributed by atoms with van der Waals surface area (Å²) in [4.78, 5) is 22.4. The normalized spacial score (nSPS) is 10.4. The number of carboxylic acid groups (broad SMARTS) is 1. The van der Waals surface area contributed by atoms with Crippen LogP contribution in [0, 0.1) is 12.7 Å². The molecule has 2 N–H and O–H groups in total. The Labute approximate surface area is 119 Å². The first-order valence-electron chi connectivity index (χ1n) is 6.10. The molecule has 110 valence electrons. The van der Waals surface area contributed by atoms with Crippen LogP contribution in [0.3, 0.4) is 0 Å². The van der Waals surface area contributed by atoms with Gasteiger partial charge < -0.3 is 10.4 Å². The molecule has 0 atom stereocenters. The zero-order valence-electron chi connectivity index (χ0n) is 11.2. The van der Waals surface area contributed by atoms with Crippen molar-refractivity contribution in [1.29, 1.82) is 0 Å². The number of aromatic nitrogens is 3. The summed E-state index contributed by atoms with van der Waals surface area (Å²) < 4.78 is 14.4. The molecular formula is C13H13FN4O3. The highest BCUT2D eigenvalue weighted by atomic mass is 19.1. The Bertz CT molecular complexity index is 664. The van der Waals surface area contributed by atoms with Gasteiger partial charge in [0.05, 0.1) is 12.7 Å². The molecule has 0 saturated carbocycles. The number of carboxylic acids is 1. The summed E-state index contributed by atoms with van der Waals surface area (Å²) >= 11 is 0. The first-order chi connectivity index (χ1) is 9.94. The molecule has 0 aliphatic carbocycles. The maximum atomic E-state index is 13.2. The van der Waals surface area contributed by atoms with Crippen molar-refractivity contribution >= 4 is 11.9 Å². The first kappa shape index (κ1) is 14.6. The van der Waals surface area contributed by atoms with E-state index in [0.717, 1.165) is 10.7 Å². The van der Waals surface area contributed by atoms with E-state index in [2.05, 4.69) is 15.6 Å². The molecule has 1 amide bonds. The molecular weight excluding hydrogens is 279 g/mol. The number of carbonyl (C=O) groups excluding carboxylic acids is 1. The topological polar surface area (TPSA) is 97.1 Å². The van der Waals surface area contributed by atoms with Gasteiger partial charge in [-0.25, -0.2) is 9.07 Å². The number of benzene rings is 1. The monoisotopic (exact) mass is 292 g/mol. The Kier molecular flexibility index (Phi) is 4.27. The van der Waals surface area contributed by atoms with E-state index in [4.69, 9.17) is 5.11 Å². The Morgan fingerprint density at radius 2 is 2.14 bits per heavy atom. The van der Waals surface area contributed by atoms with Crippen LogP contribution < -0.4 is 5.32 Å². The summed E-state index contributed by atoms with van der Waals surface area (Å²) in [7, 11) is 0. The van der Waals surface area contributed by atoms with Gasteiger partial charge in [0.2, 0.25) is 0 Å². The second-order valence-electron chi connectivity index (χ2n) is 4.50. The largest absolute Gasteiger partial charge is 0.480 e. The quantitative estimate of drug-likeness (QED) is 0.847. The van der Waals surface area contributed by atoms with Gasteiger partial charge in [-0.05, 0) is 30.7 Å². The van der Waals surface area contributed by atoms with Crippen molar-refractivity contribution in [1.82, 2.24) is 20.3 Å². The molecule has 1 heterocycles. The van der Waals surface area contributed by atoms with Crippen molar-refractivity contribution in [3.8, 4) is 0 Å². The lowest BCUT2D eigenvalue weighted by atomic mass is 10.1. The molecule has 1 aromatic carbocycles. The predicted octanol–water partition coefficient (Wildman–Crippen LogP) is 0.740. The zero-order valence-corrected chi connectivity index (χ0v) is 11.2. The molecule has 1 aromatic heterocycles. The minimum atomic E-state index is -1.04. The van der Waals surface area contributed by atoms with E-state index in [0.29, 0.717) is 11.3 Å². The van der Waals surface area contributed by atoms with Crippen molar-refractivity contribution in [2.24, 2.45) is 0 Å². The predicted molar refractivity (Wildman–Crippen MR) is 70.0 cm³/mol. The third kappa shape index (κ3) is 4.10. The first-order valence-corrected chi connectivity index (χ1v) is 6.10. The number of carbonyl (C=O) groups is 2. The lowest BCUT2D eigenvalue weighted by Crippen LogP contribution is -2.23. The molecule has 21 heavy (non-hydrogen) atoms. The average Bonchev–Trinajstić information content (AvgIpc) is 2.81. The van der Waals surface area contributed by atoms with E-state index < -0.39 is 17.7 Å². The van der Waals surface area contributed by atoms with Gasteiger partial charge in [0.1, 0.15) is 18.1 Å². The van der Waals surface area contributed by atoms with Crippen LogP contribution in [0.2, 0.25) is 0 Å². The van der Waals surface area contributed by atoms with Crippen molar-refractivity contribution in [2.75, 3.05) is 0 Å². The van der Waals surface area contributed by atoms with Crippen LogP contribution in [-0.2, 0) is 17.9 Å². The number of amides is 1. The maximum absolute atomic E-state index is 13.2. The molecule has 8 heteroatoms. The summed E-state index contributed by atoms with van der Waals surface area (Å²) in [5, 5.41) is 18.5. The third-order valence-electron chi connectivity index (χ3n) is 2.62. The van der Waals surface area contributed by atoms with Gasteiger partial charge >= 0.3 is 5.97 Å². The number of hydrogen-bond acceptors (Lipinski definition) is 4. The molecule has 0 fully saturated rings. The highest BCUT2D eigenvalue weighted by molar-refractivity contribution is 5.94. The van der Waals surface area contributed by atoms with E-state index in [1.807, 2.05) is 0 Å². The van der Waals surface area contributed by atoms with Gasteiger partial charge in [0.15, 0.2) is 0 Å². The Morgan fingerprint density at radius 3 is 2.81 bits per heavy atom. The number of aryl methyl sites for hydroxylation is 1. The number of halogens is 1. The fourth-order valence-corrected chi connectivity index (χ4v) is 1.78. The van der Waals surface area contributed by atoms with Crippen LogP contribution in [0.1, 0.15) is 21.6 Å². The summed E-state index contributed by atoms with van der Waals surface area (Å²) in [6, 6.07) is 4.04. The average molecular weight is 292 g/mol. The van der Waals surface area contributed by atoms with Crippen LogP contribution in [-0.4, -0.2) is 32.0 Å². The van der Waals surface area contributed by atoms with Crippen LogP contribution in [0.25, 0.3) is 0 Å². The van der Waals surface area contributed by atoms with E-state index in [1.54, 1.807) is 13.0 Å². The zero-order chi connectivity index (χ0) is 15.4. The summed E-state index contributed by atoms with van der Waals surface area (Å²) in [6.07, 6.45) is 1.42. The smallest absolute Gasteiger partial charge is 0.325 e. The molecule has 0 aliphatic rings. The molecule has 0 radical (unpaired) electrons. The van der Waals surface area contributed by atoms with Gasteiger partial charge in [-0.15, -0.1) is 5.10 Å². The van der Waals surface area contributed by atoms with Crippen molar-refractivity contribution in [2.45, 2.75) is 20.0 Å². The van der Waals surface area contributed by atoms with E-state index in [1.165, 1.54) is 12.3 Å². The number of aliphatic carboxylic acids is 1. The van der Waals surface area contributed by atoms with Crippen LogP contribution >= 0.6 is 0 Å². The summed E-state index contributed by atoms with van der Waals surface area (Å²) in [6.45, 7) is 1.47. The van der Waals surface area contributed by atoms with Gasteiger partial charge in [0.25, 0.3) is 5.91 Å². The van der Waals surface area contributed by atoms with Crippen molar-refractivity contribution in [3.63, 3.8) is 0 Å². The highest BCUT2D eigenvalue weighted by Gasteiger charge is 2.09. The van der Waals surface area contributed by atoms with Gasteiger partial charge in [-0.1, -0.05) is 5.21 Å². The van der Waals surface area contributed by atoms with Crippen molar-refractivity contribution < 1.29 is 19.1 Å². The fourth-order valence-electron chi connectivity index (χ4n) is 1.78. The number of nitrogens with zero attached hydrogens (tertiary/aromatic N) is 3. The lowest BCUT2D eigenvalue weighted by Gasteiger charge is -2.04. The Hall–Kier alpha value is -2.77. The molecule has 0 spiro atoms. The van der Waals surface area contributed by atoms with Crippen LogP contribution in [0.4, 0.5) is 4.39 Å². The number of rotatable bonds is 5. The fraction of sp³-hybridized carbons (Fsp3) is 0.231. The Balaban J connectivity index is 1.97. The van der Waals surface area contributed by atoms with Gasteiger partial charge in [-0.3, -0.25) is 9.59 Å². The van der Waals surface area contributed by atoms with E-state index in [-0.39, 0.29) is 18.7 Å². The third-order valence-corrected chi connectivity index (χ3v) is 2.62. The van der Waals surface area contributed by atoms with E-state index >= 15 is 0 Å². The number of nitrogens with one attached hydrogen (secondary N) is 1. The second-order valence-corrected chi connectivity index (χ2v) is 4.50. The molecule has 0 aliphatic heterocycles. The lowest BCUT2D eigenvalue weighted by molar-refractivity contribution is -0.137. The molecule has 0 unspecified atom stereocenters. The molecule has 2 aromatic rings. The second kappa shape index (κ2) is 6.12. The summed E-state index contributed by atoms with van der Waals surface area (Å²) in [5.41, 5.74) is 1.27. The minimum absolute atomic E-state index is 0.0774. The van der Waals surface area contributed by atoms with E-state index in [9.17, 15) is 14.0 Å². The molecule has 7 nitrogen and oxygen atoms in total. The van der Waals surface area contributed by atoms with Gasteiger partial charge in [-0.2, -0.15) is 0 Å².